The number of ketones is 1. The number of nitrogens with zero attached hydrogens (tertiary/aromatic N) is 2. The number of carbonyl (C=O) groups is 2. The van der Waals surface area contributed by atoms with Crippen LogP contribution in [0.5, 0.6) is 0 Å². The van der Waals surface area contributed by atoms with Crippen molar-refractivity contribution in [1.82, 2.24) is 0 Å². The van der Waals surface area contributed by atoms with E-state index in [-0.39, 0.29) is 23.6 Å². The van der Waals surface area contributed by atoms with E-state index in [2.05, 4.69) is 0 Å². The summed E-state index contributed by atoms with van der Waals surface area (Å²) in [4.78, 5) is 36.8. The first-order valence-corrected chi connectivity index (χ1v) is 8.01. The van der Waals surface area contributed by atoms with Crippen LogP contribution in [0.2, 0.25) is 0 Å². The quantitative estimate of drug-likeness (QED) is 0.456. The standard InChI is InChI=1S/C17H22N2O6/c1-17(2,3)15(20)11-25-16(21)13-10-12(19(22)23)4-5-14(13)18-6-8-24-9-7-18/h4-5,10H,6-9,11H2,1-3H3. The fourth-order valence-corrected chi connectivity index (χ4v) is 2.31. The maximum absolute atomic E-state index is 12.5. The van der Waals surface area contributed by atoms with Gasteiger partial charge in [0.25, 0.3) is 5.69 Å². The summed E-state index contributed by atoms with van der Waals surface area (Å²) in [5.41, 5.74) is -0.207. The van der Waals surface area contributed by atoms with E-state index in [0.29, 0.717) is 32.0 Å². The monoisotopic (exact) mass is 350 g/mol. The Balaban J connectivity index is 2.25. The SMILES string of the molecule is CC(C)(C)C(=O)COC(=O)c1cc([N+](=O)[O-])ccc1N1CCOCC1. The molecule has 0 aliphatic carbocycles. The predicted molar refractivity (Wildman–Crippen MR) is 90.9 cm³/mol. The molecular formula is C17H22N2O6. The van der Waals surface area contributed by atoms with Crippen molar-refractivity contribution in [3.05, 3.63) is 33.9 Å². The second kappa shape index (κ2) is 7.60. The lowest BCUT2D eigenvalue weighted by Crippen LogP contribution is -2.37. The van der Waals surface area contributed by atoms with Crippen LogP contribution < -0.4 is 4.90 Å². The third-order valence-corrected chi connectivity index (χ3v) is 3.93. The minimum Gasteiger partial charge on any atom is -0.454 e. The number of rotatable bonds is 5. The minimum atomic E-state index is -0.747. The summed E-state index contributed by atoms with van der Waals surface area (Å²) in [6.07, 6.45) is 0. The van der Waals surface area contributed by atoms with Crippen LogP contribution in [0.15, 0.2) is 18.2 Å². The van der Waals surface area contributed by atoms with Crippen LogP contribution in [0.25, 0.3) is 0 Å². The number of esters is 1. The molecular weight excluding hydrogens is 328 g/mol. The topological polar surface area (TPSA) is 99.0 Å². The third-order valence-electron chi connectivity index (χ3n) is 3.93. The van der Waals surface area contributed by atoms with Crippen molar-refractivity contribution in [3.63, 3.8) is 0 Å². The molecule has 136 valence electrons. The maximum Gasteiger partial charge on any atom is 0.340 e. The first-order chi connectivity index (χ1) is 11.7. The van der Waals surface area contributed by atoms with Crippen molar-refractivity contribution in [1.29, 1.82) is 0 Å². The normalized spacial score (nSPS) is 14.9. The van der Waals surface area contributed by atoms with Gasteiger partial charge in [-0.3, -0.25) is 14.9 Å². The van der Waals surface area contributed by atoms with Crippen LogP contribution in [0.1, 0.15) is 31.1 Å². The van der Waals surface area contributed by atoms with Gasteiger partial charge in [0.2, 0.25) is 0 Å². The zero-order chi connectivity index (χ0) is 18.6. The first kappa shape index (κ1) is 18.9. The Labute approximate surface area is 145 Å². The molecule has 0 aromatic heterocycles. The van der Waals surface area contributed by atoms with Gasteiger partial charge in [-0.1, -0.05) is 20.8 Å². The molecule has 1 aliphatic rings. The van der Waals surface area contributed by atoms with Crippen LogP contribution in [-0.4, -0.2) is 49.6 Å². The van der Waals surface area contributed by atoms with Gasteiger partial charge in [-0.15, -0.1) is 0 Å². The van der Waals surface area contributed by atoms with Gasteiger partial charge >= 0.3 is 5.97 Å². The van der Waals surface area contributed by atoms with E-state index in [1.165, 1.54) is 18.2 Å². The van der Waals surface area contributed by atoms with Gasteiger partial charge in [0.1, 0.15) is 0 Å². The van der Waals surface area contributed by atoms with Gasteiger partial charge in [-0.2, -0.15) is 0 Å². The second-order valence-electron chi connectivity index (χ2n) is 6.81. The molecule has 1 aromatic carbocycles. The predicted octanol–water partition coefficient (Wildman–Crippen LogP) is 2.20. The Morgan fingerprint density at radius 2 is 1.92 bits per heavy atom. The molecule has 1 fully saturated rings. The van der Waals surface area contributed by atoms with Crippen LogP contribution >= 0.6 is 0 Å². The molecule has 0 saturated carbocycles. The Morgan fingerprint density at radius 1 is 1.28 bits per heavy atom. The largest absolute Gasteiger partial charge is 0.454 e. The van der Waals surface area contributed by atoms with Crippen molar-refractivity contribution in [2.75, 3.05) is 37.8 Å². The Bertz CT molecular complexity index is 674. The van der Waals surface area contributed by atoms with Crippen molar-refractivity contribution >= 4 is 23.1 Å². The summed E-state index contributed by atoms with van der Waals surface area (Å²) in [6.45, 7) is 6.98. The van der Waals surface area contributed by atoms with Gasteiger partial charge in [-0.05, 0) is 6.07 Å². The van der Waals surface area contributed by atoms with Crippen LogP contribution in [0.4, 0.5) is 11.4 Å². The number of nitro benzene ring substituents is 1. The molecule has 8 heteroatoms. The molecule has 0 spiro atoms. The number of carbonyl (C=O) groups excluding carboxylic acids is 2. The molecule has 1 heterocycles. The van der Waals surface area contributed by atoms with E-state index >= 15 is 0 Å². The van der Waals surface area contributed by atoms with Gasteiger partial charge in [0.05, 0.1) is 29.4 Å². The summed E-state index contributed by atoms with van der Waals surface area (Å²) >= 11 is 0. The molecule has 0 unspecified atom stereocenters. The molecule has 1 aliphatic heterocycles. The number of hydrogen-bond acceptors (Lipinski definition) is 7. The number of non-ortho nitro benzene ring substituents is 1. The highest BCUT2D eigenvalue weighted by Crippen LogP contribution is 2.27. The number of morpholine rings is 1. The van der Waals surface area contributed by atoms with Crippen molar-refractivity contribution in [3.8, 4) is 0 Å². The molecule has 25 heavy (non-hydrogen) atoms. The summed E-state index contributed by atoms with van der Waals surface area (Å²) in [6, 6.07) is 4.07. The number of hydrogen-bond donors (Lipinski definition) is 0. The average molecular weight is 350 g/mol. The maximum atomic E-state index is 12.5. The van der Waals surface area contributed by atoms with Gasteiger partial charge < -0.3 is 14.4 Å². The molecule has 0 amide bonds. The first-order valence-electron chi connectivity index (χ1n) is 8.01. The Morgan fingerprint density at radius 3 is 2.48 bits per heavy atom. The molecule has 0 atom stereocenters. The molecule has 2 rings (SSSR count). The molecule has 1 aromatic rings. The lowest BCUT2D eigenvalue weighted by atomic mass is 9.91. The van der Waals surface area contributed by atoms with Crippen molar-refractivity contribution in [2.45, 2.75) is 20.8 Å². The average Bonchev–Trinajstić information content (AvgIpc) is 2.58. The van der Waals surface area contributed by atoms with Gasteiger partial charge in [0, 0.05) is 30.6 Å². The van der Waals surface area contributed by atoms with E-state index in [1.54, 1.807) is 20.8 Å². The van der Waals surface area contributed by atoms with Crippen LogP contribution in [0, 0.1) is 15.5 Å². The summed E-state index contributed by atoms with van der Waals surface area (Å²) in [5.74, 6) is -0.970. The van der Waals surface area contributed by atoms with E-state index in [1.807, 2.05) is 4.90 Å². The smallest absolute Gasteiger partial charge is 0.340 e. The van der Waals surface area contributed by atoms with Crippen LogP contribution in [-0.2, 0) is 14.3 Å². The molecule has 1 saturated heterocycles. The minimum absolute atomic E-state index is 0.0813. The summed E-state index contributed by atoms with van der Waals surface area (Å²) in [7, 11) is 0. The fourth-order valence-electron chi connectivity index (χ4n) is 2.31. The Hall–Kier alpha value is -2.48. The lowest BCUT2D eigenvalue weighted by Gasteiger charge is -2.30. The zero-order valence-electron chi connectivity index (χ0n) is 14.6. The van der Waals surface area contributed by atoms with Crippen molar-refractivity contribution < 1.29 is 24.0 Å². The molecule has 8 nitrogen and oxygen atoms in total. The molecule has 0 N–H and O–H groups in total. The highest BCUT2D eigenvalue weighted by Gasteiger charge is 2.26. The number of ether oxygens (including phenoxy) is 2. The number of nitro groups is 1. The fraction of sp³-hybridized carbons (Fsp3) is 0.529. The Kier molecular flexibility index (Phi) is 5.73. The number of Topliss-reactive ketones (excluding diaryl/α,β-unsaturated/α-hetero) is 1. The summed E-state index contributed by atoms with van der Waals surface area (Å²) < 4.78 is 10.4. The second-order valence-corrected chi connectivity index (χ2v) is 6.81. The van der Waals surface area contributed by atoms with Crippen molar-refractivity contribution in [2.24, 2.45) is 5.41 Å². The highest BCUT2D eigenvalue weighted by molar-refractivity contribution is 5.98. The molecule has 0 radical (unpaired) electrons. The molecule has 0 bridgehead atoms. The number of benzene rings is 1. The third kappa shape index (κ3) is 4.76. The van der Waals surface area contributed by atoms with E-state index in [4.69, 9.17) is 9.47 Å². The van der Waals surface area contributed by atoms with E-state index in [0.717, 1.165) is 0 Å². The lowest BCUT2D eigenvalue weighted by molar-refractivity contribution is -0.384. The van der Waals surface area contributed by atoms with E-state index in [9.17, 15) is 19.7 Å². The van der Waals surface area contributed by atoms with Gasteiger partial charge in [-0.25, -0.2) is 4.79 Å². The highest BCUT2D eigenvalue weighted by atomic mass is 16.6. The zero-order valence-corrected chi connectivity index (χ0v) is 14.6. The summed E-state index contributed by atoms with van der Waals surface area (Å²) in [5, 5.41) is 11.0. The number of anilines is 1. The van der Waals surface area contributed by atoms with Crippen LogP contribution in [0.3, 0.4) is 0 Å². The van der Waals surface area contributed by atoms with Gasteiger partial charge in [0.15, 0.2) is 12.4 Å². The van der Waals surface area contributed by atoms with E-state index < -0.39 is 16.3 Å².